The average molecular weight is 591 g/mol. The van der Waals surface area contributed by atoms with Gasteiger partial charge < -0.3 is 14.6 Å². The highest BCUT2D eigenvalue weighted by atomic mass is 16.5. The van der Waals surface area contributed by atoms with Crippen LogP contribution < -0.4 is 4.74 Å². The van der Waals surface area contributed by atoms with Gasteiger partial charge in [-0.05, 0) is 127 Å². The van der Waals surface area contributed by atoms with Gasteiger partial charge in [0.2, 0.25) is 0 Å². The van der Waals surface area contributed by atoms with E-state index in [1.165, 1.54) is 64.6 Å². The van der Waals surface area contributed by atoms with Crippen molar-refractivity contribution < 1.29 is 19.4 Å². The summed E-state index contributed by atoms with van der Waals surface area (Å²) in [5.74, 6) is 6.01. The van der Waals surface area contributed by atoms with Crippen LogP contribution in [0.1, 0.15) is 118 Å². The number of benzene rings is 1. The Labute approximate surface area is 261 Å². The van der Waals surface area contributed by atoms with Crippen molar-refractivity contribution in [1.29, 1.82) is 0 Å². The fourth-order valence-electron chi connectivity index (χ4n) is 10.6. The van der Waals surface area contributed by atoms with Crippen molar-refractivity contribution in [2.24, 2.45) is 52.3 Å². The number of phenolic OH excluding ortho intramolecular Hbond substituents is 1. The Hall–Kier alpha value is -2.23. The van der Waals surface area contributed by atoms with Gasteiger partial charge in [0.05, 0.1) is 7.11 Å². The Morgan fingerprint density at radius 3 is 2.58 bits per heavy atom. The Kier molecular flexibility index (Phi) is 9.74. The number of hydrogen-bond donors (Lipinski definition) is 1. The van der Waals surface area contributed by atoms with Crippen molar-refractivity contribution in [3.63, 3.8) is 0 Å². The molecule has 4 aliphatic carbocycles. The first-order chi connectivity index (χ1) is 20.5. The van der Waals surface area contributed by atoms with Crippen molar-refractivity contribution in [2.75, 3.05) is 7.11 Å². The Bertz CT molecular complexity index is 1200. The third-order valence-electron chi connectivity index (χ3n) is 13.2. The van der Waals surface area contributed by atoms with Crippen LogP contribution in [0.15, 0.2) is 35.9 Å². The molecule has 0 spiro atoms. The number of esters is 1. The van der Waals surface area contributed by atoms with Gasteiger partial charge in [-0.2, -0.15) is 0 Å². The lowest BCUT2D eigenvalue weighted by molar-refractivity contribution is -0.145. The highest BCUT2D eigenvalue weighted by Crippen LogP contribution is 2.67. The van der Waals surface area contributed by atoms with Crippen LogP contribution in [-0.2, 0) is 9.53 Å². The summed E-state index contributed by atoms with van der Waals surface area (Å²) in [6, 6.07) is 5.05. The monoisotopic (exact) mass is 590 g/mol. The Morgan fingerprint density at radius 2 is 1.86 bits per heavy atom. The zero-order chi connectivity index (χ0) is 30.9. The summed E-state index contributed by atoms with van der Waals surface area (Å²) in [6.45, 7) is 15.0. The maximum absolute atomic E-state index is 12.7. The molecule has 5 rings (SSSR count). The van der Waals surface area contributed by atoms with Crippen LogP contribution in [0.25, 0.3) is 6.08 Å². The number of fused-ring (bicyclic) bond motifs is 5. The van der Waals surface area contributed by atoms with E-state index in [1.54, 1.807) is 29.8 Å². The number of aromatic hydroxyl groups is 1. The molecule has 0 aromatic heterocycles. The van der Waals surface area contributed by atoms with Crippen LogP contribution in [0, 0.1) is 52.3 Å². The standard InChI is InChI=1S/C39H58O4/c1-8-28(25(2)3)12-9-26(4)32-15-16-33-31-14-13-29-24-30(19-21-38(29,5)34(31)20-22-39(32,33)6)43-37(41)18-11-27-10-17-35(40)36(23-27)42-7/h10-11,13,17-18,23,25-26,28,30-34,40H,8-9,12,14-16,19-22,24H2,1-7H3. The molecule has 43 heavy (non-hydrogen) atoms. The summed E-state index contributed by atoms with van der Waals surface area (Å²) in [5, 5.41) is 9.82. The lowest BCUT2D eigenvalue weighted by Gasteiger charge is -2.58. The van der Waals surface area contributed by atoms with Crippen LogP contribution >= 0.6 is 0 Å². The molecule has 0 radical (unpaired) electrons. The number of ether oxygens (including phenoxy) is 2. The van der Waals surface area contributed by atoms with E-state index in [0.717, 1.165) is 66.3 Å². The summed E-state index contributed by atoms with van der Waals surface area (Å²) in [5.41, 5.74) is 3.09. The second-order valence-electron chi connectivity index (χ2n) is 15.5. The van der Waals surface area contributed by atoms with Gasteiger partial charge in [0.25, 0.3) is 0 Å². The number of rotatable bonds is 10. The number of allylic oxidation sites excluding steroid dienone is 1. The first-order valence-electron chi connectivity index (χ1n) is 17.4. The third kappa shape index (κ3) is 6.32. The van der Waals surface area contributed by atoms with Gasteiger partial charge in [-0.25, -0.2) is 4.79 Å². The van der Waals surface area contributed by atoms with Gasteiger partial charge in [0.1, 0.15) is 6.10 Å². The molecule has 1 aromatic rings. The highest BCUT2D eigenvalue weighted by Gasteiger charge is 2.59. The maximum atomic E-state index is 12.7. The molecular formula is C39H58O4. The Balaban J connectivity index is 1.20. The number of carbonyl (C=O) groups excluding carboxylic acids is 1. The summed E-state index contributed by atoms with van der Waals surface area (Å²) < 4.78 is 11.1. The zero-order valence-electron chi connectivity index (χ0n) is 28.0. The van der Waals surface area contributed by atoms with Crippen LogP contribution in [-0.4, -0.2) is 24.3 Å². The molecule has 1 aromatic carbocycles. The molecule has 3 saturated carbocycles. The highest BCUT2D eigenvalue weighted by molar-refractivity contribution is 5.87. The minimum atomic E-state index is -0.298. The zero-order valence-corrected chi connectivity index (χ0v) is 28.0. The minimum Gasteiger partial charge on any atom is -0.504 e. The number of phenols is 1. The third-order valence-corrected chi connectivity index (χ3v) is 13.2. The largest absolute Gasteiger partial charge is 0.504 e. The SMILES string of the molecule is CCC(CCC(C)C1CCC2C3CC=C4CC(OC(=O)C=Cc5ccc(O)c(OC)c5)CCC4(C)C3CCC12C)C(C)C. The lowest BCUT2D eigenvalue weighted by atomic mass is 9.47. The molecule has 0 bridgehead atoms. The van der Waals surface area contributed by atoms with Crippen LogP contribution in [0.5, 0.6) is 11.5 Å². The first kappa shape index (κ1) is 32.2. The summed E-state index contributed by atoms with van der Waals surface area (Å²) >= 11 is 0. The molecule has 4 aliphatic rings. The van der Waals surface area contributed by atoms with Gasteiger partial charge in [0.15, 0.2) is 11.5 Å². The van der Waals surface area contributed by atoms with Crippen LogP contribution in [0.2, 0.25) is 0 Å². The molecule has 0 saturated heterocycles. The molecule has 1 N–H and O–H groups in total. The van der Waals surface area contributed by atoms with Crippen molar-refractivity contribution >= 4 is 12.0 Å². The van der Waals surface area contributed by atoms with E-state index in [4.69, 9.17) is 9.47 Å². The second-order valence-corrected chi connectivity index (χ2v) is 15.5. The summed E-state index contributed by atoms with van der Waals surface area (Å²) in [7, 11) is 1.52. The van der Waals surface area contributed by atoms with E-state index < -0.39 is 0 Å². The smallest absolute Gasteiger partial charge is 0.331 e. The van der Waals surface area contributed by atoms with E-state index >= 15 is 0 Å². The first-order valence-corrected chi connectivity index (χ1v) is 17.4. The molecule has 9 atom stereocenters. The number of hydrogen-bond acceptors (Lipinski definition) is 4. The molecule has 3 fully saturated rings. The number of carbonyl (C=O) groups is 1. The van der Waals surface area contributed by atoms with Gasteiger partial charge >= 0.3 is 5.97 Å². The topological polar surface area (TPSA) is 55.8 Å². The van der Waals surface area contributed by atoms with Crippen molar-refractivity contribution in [3.8, 4) is 11.5 Å². The van der Waals surface area contributed by atoms with E-state index in [9.17, 15) is 9.90 Å². The molecule has 4 nitrogen and oxygen atoms in total. The molecular weight excluding hydrogens is 532 g/mol. The summed E-state index contributed by atoms with van der Waals surface area (Å²) in [4.78, 5) is 12.7. The van der Waals surface area contributed by atoms with E-state index in [1.807, 2.05) is 0 Å². The van der Waals surface area contributed by atoms with Gasteiger partial charge in [-0.3, -0.25) is 0 Å². The number of methoxy groups -OCH3 is 1. The van der Waals surface area contributed by atoms with E-state index in [2.05, 4.69) is 47.6 Å². The molecule has 9 unspecified atom stereocenters. The second kappa shape index (κ2) is 13.0. The van der Waals surface area contributed by atoms with E-state index in [-0.39, 0.29) is 23.2 Å². The van der Waals surface area contributed by atoms with Crippen molar-refractivity contribution in [2.45, 2.75) is 118 Å². The van der Waals surface area contributed by atoms with Crippen molar-refractivity contribution in [1.82, 2.24) is 0 Å². The fraction of sp³-hybridized carbons (Fsp3) is 0.718. The quantitative estimate of drug-likeness (QED) is 0.167. The minimum absolute atomic E-state index is 0.0502. The Morgan fingerprint density at radius 1 is 1.07 bits per heavy atom. The van der Waals surface area contributed by atoms with Gasteiger partial charge in [-0.15, -0.1) is 0 Å². The molecule has 0 heterocycles. The fourth-order valence-corrected chi connectivity index (χ4v) is 10.6. The molecule has 4 heteroatoms. The van der Waals surface area contributed by atoms with E-state index in [0.29, 0.717) is 11.2 Å². The lowest BCUT2D eigenvalue weighted by Crippen LogP contribution is -2.51. The molecule has 238 valence electrons. The molecule has 0 amide bonds. The predicted molar refractivity (Wildman–Crippen MR) is 176 cm³/mol. The van der Waals surface area contributed by atoms with Crippen molar-refractivity contribution in [3.05, 3.63) is 41.5 Å². The average Bonchev–Trinajstić information content (AvgIpc) is 3.34. The van der Waals surface area contributed by atoms with Crippen LogP contribution in [0.3, 0.4) is 0 Å². The van der Waals surface area contributed by atoms with Gasteiger partial charge in [0, 0.05) is 12.5 Å². The summed E-state index contributed by atoms with van der Waals surface area (Å²) in [6.07, 6.45) is 19.6. The normalized spacial score (nSPS) is 35.1. The maximum Gasteiger partial charge on any atom is 0.331 e. The molecule has 0 aliphatic heterocycles. The van der Waals surface area contributed by atoms with Gasteiger partial charge in [-0.1, -0.05) is 72.1 Å². The predicted octanol–water partition coefficient (Wildman–Crippen LogP) is 10.0. The van der Waals surface area contributed by atoms with Crippen LogP contribution in [0.4, 0.5) is 0 Å².